The minimum Gasteiger partial charge on any atom is -0.466 e. The number of methoxy groups -OCH3 is 2. The normalized spacial score (nSPS) is 17.8. The second-order valence-corrected chi connectivity index (χ2v) is 9.98. The minimum atomic E-state index is -4.62. The van der Waals surface area contributed by atoms with Gasteiger partial charge >= 0.3 is 18.1 Å². The van der Waals surface area contributed by atoms with Gasteiger partial charge in [0.05, 0.1) is 30.6 Å². The molecule has 2 atom stereocenters. The van der Waals surface area contributed by atoms with Crippen molar-refractivity contribution in [2.45, 2.75) is 24.2 Å². The molecular formula is C24H24F3N3O5S2. The van der Waals surface area contributed by atoms with Crippen LogP contribution in [-0.2, 0) is 30.0 Å². The first-order valence-electron chi connectivity index (χ1n) is 10.9. The smallest absolute Gasteiger partial charge is 0.416 e. The summed E-state index contributed by atoms with van der Waals surface area (Å²) < 4.78 is 55.9. The Balaban J connectivity index is 2.07. The molecule has 0 spiro atoms. The molecule has 8 nitrogen and oxygen atoms in total. The van der Waals surface area contributed by atoms with E-state index in [0.29, 0.717) is 10.9 Å². The average molecular weight is 556 g/mol. The van der Waals surface area contributed by atoms with Crippen molar-refractivity contribution in [1.29, 1.82) is 0 Å². The lowest BCUT2D eigenvalue weighted by Crippen LogP contribution is -2.37. The van der Waals surface area contributed by atoms with Crippen LogP contribution in [0, 0.1) is 5.92 Å². The van der Waals surface area contributed by atoms with Crippen LogP contribution in [0.1, 0.15) is 24.0 Å². The molecule has 198 valence electrons. The summed E-state index contributed by atoms with van der Waals surface area (Å²) in [5, 5.41) is 0.484. The Morgan fingerprint density at radius 3 is 2.46 bits per heavy atom. The molecule has 2 heterocycles. The lowest BCUT2D eigenvalue weighted by Gasteiger charge is -2.32. The third-order valence-electron chi connectivity index (χ3n) is 5.35. The summed E-state index contributed by atoms with van der Waals surface area (Å²) in [6.07, 6.45) is -1.45. The summed E-state index contributed by atoms with van der Waals surface area (Å²) in [5.41, 5.74) is -0.230. The molecule has 13 heteroatoms. The van der Waals surface area contributed by atoms with Crippen LogP contribution in [0.5, 0.6) is 0 Å². The van der Waals surface area contributed by atoms with Crippen molar-refractivity contribution in [3.8, 4) is 0 Å². The van der Waals surface area contributed by atoms with Gasteiger partial charge in [-0.25, -0.2) is 14.8 Å². The molecule has 2 aromatic rings. The van der Waals surface area contributed by atoms with Gasteiger partial charge in [-0.2, -0.15) is 13.2 Å². The summed E-state index contributed by atoms with van der Waals surface area (Å²) in [5.74, 6) is -3.62. The number of ether oxygens (including phenoxy) is 3. The Labute approximate surface area is 219 Å². The molecular weight excluding hydrogens is 531 g/mol. The van der Waals surface area contributed by atoms with Gasteiger partial charge in [-0.3, -0.25) is 9.79 Å². The SMILES string of the molecule is COCCOC(=O)C1C(C)=NC(CSSc2ncccn2)=C(C(=O)OC)C1c1cccc(C(F)(F)F)c1. The van der Waals surface area contributed by atoms with Crippen molar-refractivity contribution in [3.63, 3.8) is 0 Å². The Kier molecular flexibility index (Phi) is 10.1. The number of rotatable bonds is 10. The quantitative estimate of drug-likeness (QED) is 0.178. The molecule has 37 heavy (non-hydrogen) atoms. The zero-order valence-electron chi connectivity index (χ0n) is 20.2. The first-order chi connectivity index (χ1) is 17.7. The second kappa shape index (κ2) is 13.1. The Hall–Kier alpha value is -2.90. The number of aromatic nitrogens is 2. The van der Waals surface area contributed by atoms with Crippen molar-refractivity contribution >= 4 is 39.2 Å². The van der Waals surface area contributed by atoms with Crippen molar-refractivity contribution in [3.05, 3.63) is 65.1 Å². The number of hydrogen-bond acceptors (Lipinski definition) is 10. The summed E-state index contributed by atoms with van der Waals surface area (Å²) >= 11 is 0. The van der Waals surface area contributed by atoms with E-state index in [2.05, 4.69) is 15.0 Å². The van der Waals surface area contributed by atoms with Crippen molar-refractivity contribution in [1.82, 2.24) is 9.97 Å². The largest absolute Gasteiger partial charge is 0.466 e. The highest BCUT2D eigenvalue weighted by atomic mass is 33.1. The molecule has 2 unspecified atom stereocenters. The molecule has 0 aliphatic carbocycles. The monoisotopic (exact) mass is 555 g/mol. The van der Waals surface area contributed by atoms with Gasteiger partial charge in [0, 0.05) is 36.9 Å². The second-order valence-electron chi connectivity index (χ2n) is 7.72. The van der Waals surface area contributed by atoms with Crippen LogP contribution in [0.4, 0.5) is 13.2 Å². The van der Waals surface area contributed by atoms with E-state index in [-0.39, 0.29) is 35.8 Å². The molecule has 3 rings (SSSR count). The van der Waals surface area contributed by atoms with Crippen LogP contribution in [0.15, 0.2) is 64.1 Å². The molecule has 1 aromatic carbocycles. The number of nitrogens with zero attached hydrogens (tertiary/aromatic N) is 3. The first kappa shape index (κ1) is 28.7. The van der Waals surface area contributed by atoms with Gasteiger partial charge in [-0.05, 0) is 35.4 Å². The fraction of sp³-hybridized carbons (Fsp3) is 0.375. The summed E-state index contributed by atoms with van der Waals surface area (Å²) in [7, 11) is 5.13. The maximum absolute atomic E-state index is 13.5. The van der Waals surface area contributed by atoms with Crippen LogP contribution >= 0.6 is 21.6 Å². The lowest BCUT2D eigenvalue weighted by atomic mass is 9.75. The van der Waals surface area contributed by atoms with Crippen LogP contribution < -0.4 is 0 Å². The van der Waals surface area contributed by atoms with E-state index in [1.165, 1.54) is 40.8 Å². The number of aliphatic imine (C=N–C) groups is 1. The van der Waals surface area contributed by atoms with Gasteiger partial charge in [-0.15, -0.1) is 0 Å². The number of halogens is 3. The van der Waals surface area contributed by atoms with E-state index < -0.39 is 35.5 Å². The molecule has 0 saturated heterocycles. The summed E-state index contributed by atoms with van der Waals surface area (Å²) in [6, 6.07) is 6.20. The van der Waals surface area contributed by atoms with E-state index in [0.717, 1.165) is 19.2 Å². The number of benzene rings is 1. The zero-order chi connectivity index (χ0) is 27.0. The number of hydrogen-bond donors (Lipinski definition) is 0. The molecule has 1 aromatic heterocycles. The highest BCUT2D eigenvalue weighted by molar-refractivity contribution is 8.76. The molecule has 0 radical (unpaired) electrons. The van der Waals surface area contributed by atoms with Gasteiger partial charge in [0.1, 0.15) is 12.5 Å². The Bertz CT molecular complexity index is 1180. The standard InChI is InChI=1S/C24H24F3N3O5S2/c1-14-18(22(32)35-11-10-33-2)19(15-6-4-7-16(12-15)24(25,26)27)20(21(31)34-3)17(30-14)13-36-37-23-28-8-5-9-29-23/h4-9,12,18-19H,10-11,13H2,1-3H3. The molecule has 0 amide bonds. The number of alkyl halides is 3. The number of esters is 2. The van der Waals surface area contributed by atoms with Crippen LogP contribution in [-0.4, -0.2) is 60.8 Å². The number of carbonyl (C=O) groups excluding carboxylic acids is 2. The van der Waals surface area contributed by atoms with Gasteiger partial charge in [0.2, 0.25) is 0 Å². The lowest BCUT2D eigenvalue weighted by molar-refractivity contribution is -0.148. The third-order valence-corrected chi connectivity index (χ3v) is 7.38. The fourth-order valence-corrected chi connectivity index (χ4v) is 5.54. The maximum Gasteiger partial charge on any atom is 0.416 e. The molecule has 1 aliphatic rings. The zero-order valence-corrected chi connectivity index (χ0v) is 21.8. The Morgan fingerprint density at radius 2 is 1.81 bits per heavy atom. The highest BCUT2D eigenvalue weighted by Crippen LogP contribution is 2.43. The molecule has 0 saturated carbocycles. The molecule has 0 N–H and O–H groups in total. The third kappa shape index (κ3) is 7.33. The van der Waals surface area contributed by atoms with Crippen molar-refractivity contribution in [2.75, 3.05) is 33.2 Å². The van der Waals surface area contributed by atoms with Crippen LogP contribution in [0.3, 0.4) is 0 Å². The van der Waals surface area contributed by atoms with Gasteiger partial charge in [0.25, 0.3) is 0 Å². The van der Waals surface area contributed by atoms with Gasteiger partial charge in [-0.1, -0.05) is 29.0 Å². The minimum absolute atomic E-state index is 0.0109. The molecule has 0 fully saturated rings. The molecule has 0 bridgehead atoms. The van der Waals surface area contributed by atoms with Crippen LogP contribution in [0.25, 0.3) is 0 Å². The van der Waals surface area contributed by atoms with E-state index in [1.807, 2.05) is 0 Å². The van der Waals surface area contributed by atoms with Crippen molar-refractivity contribution < 1.29 is 37.0 Å². The van der Waals surface area contributed by atoms with Crippen molar-refractivity contribution in [2.24, 2.45) is 10.9 Å². The van der Waals surface area contributed by atoms with Gasteiger partial charge < -0.3 is 14.2 Å². The van der Waals surface area contributed by atoms with E-state index >= 15 is 0 Å². The maximum atomic E-state index is 13.5. The Morgan fingerprint density at radius 1 is 1.08 bits per heavy atom. The molecule has 1 aliphatic heterocycles. The first-order valence-corrected chi connectivity index (χ1v) is 13.2. The highest BCUT2D eigenvalue weighted by Gasteiger charge is 2.44. The van der Waals surface area contributed by atoms with E-state index in [4.69, 9.17) is 14.2 Å². The predicted octanol–water partition coefficient (Wildman–Crippen LogP) is 4.73. The summed E-state index contributed by atoms with van der Waals surface area (Å²) in [4.78, 5) is 38.9. The summed E-state index contributed by atoms with van der Waals surface area (Å²) in [6.45, 7) is 1.64. The van der Waals surface area contributed by atoms with E-state index in [9.17, 15) is 22.8 Å². The van der Waals surface area contributed by atoms with Crippen LogP contribution in [0.2, 0.25) is 0 Å². The van der Waals surface area contributed by atoms with E-state index in [1.54, 1.807) is 25.4 Å². The topological polar surface area (TPSA) is 100.0 Å². The number of carbonyl (C=O) groups is 2. The van der Waals surface area contributed by atoms with Gasteiger partial charge in [0.15, 0.2) is 5.16 Å². The fourth-order valence-electron chi connectivity index (χ4n) is 3.75. The average Bonchev–Trinajstić information content (AvgIpc) is 2.88. The predicted molar refractivity (Wildman–Crippen MR) is 133 cm³/mol.